The Labute approximate surface area is 147 Å². The van der Waals surface area contributed by atoms with Gasteiger partial charge in [-0.05, 0) is 38.5 Å². The predicted octanol–water partition coefficient (Wildman–Crippen LogP) is 3.70. The second-order valence-electron chi connectivity index (χ2n) is 6.25. The Morgan fingerprint density at radius 1 is 1.23 bits per heavy atom. The molecule has 1 aromatic carbocycles. The smallest absolute Gasteiger partial charge is 0.433 e. The van der Waals surface area contributed by atoms with Crippen LogP contribution in [-0.2, 0) is 6.18 Å². The molecule has 1 atom stereocenters. The highest BCUT2D eigenvalue weighted by Gasteiger charge is 2.40. The van der Waals surface area contributed by atoms with E-state index in [0.29, 0.717) is 17.1 Å². The van der Waals surface area contributed by atoms with E-state index in [1.54, 1.807) is 39.0 Å². The van der Waals surface area contributed by atoms with E-state index < -0.39 is 35.4 Å². The number of fused-ring (bicyclic) bond motifs is 1. The summed E-state index contributed by atoms with van der Waals surface area (Å²) >= 11 is 0. The van der Waals surface area contributed by atoms with Gasteiger partial charge in [0.1, 0.15) is 0 Å². The van der Waals surface area contributed by atoms with Gasteiger partial charge in [-0.2, -0.15) is 18.3 Å². The molecule has 0 aliphatic carbocycles. The molecule has 26 heavy (non-hydrogen) atoms. The molecule has 9 heteroatoms. The number of rotatable bonds is 4. The monoisotopic (exact) mass is 369 g/mol. The number of nitrogens with zero attached hydrogens (tertiary/aromatic N) is 2. The lowest BCUT2D eigenvalue weighted by Crippen LogP contribution is -2.29. The van der Waals surface area contributed by atoms with Crippen LogP contribution in [0.15, 0.2) is 24.4 Å². The molecule has 1 unspecified atom stereocenters. The van der Waals surface area contributed by atoms with Gasteiger partial charge in [0.25, 0.3) is 5.91 Å². The van der Waals surface area contributed by atoms with Crippen molar-refractivity contribution in [1.29, 1.82) is 0 Å². The standard InChI is InChI=1S/C17H18F3N3O3/c1-9(2)23-15(17(18,19)20)12(7-21-23)16(24)22-10(3)11-4-5-13-14(6-11)26-8-25-13/h4-7,9-10H,8H2,1-3H3,(H,22,24). The van der Waals surface area contributed by atoms with Crippen LogP contribution >= 0.6 is 0 Å². The number of benzene rings is 1. The van der Waals surface area contributed by atoms with Gasteiger partial charge in [0.2, 0.25) is 6.79 Å². The van der Waals surface area contributed by atoms with E-state index in [9.17, 15) is 18.0 Å². The van der Waals surface area contributed by atoms with Crippen LogP contribution < -0.4 is 14.8 Å². The van der Waals surface area contributed by atoms with Gasteiger partial charge in [0.05, 0.1) is 17.8 Å². The summed E-state index contributed by atoms with van der Waals surface area (Å²) in [6.45, 7) is 4.93. The van der Waals surface area contributed by atoms with Gasteiger partial charge in [-0.25, -0.2) is 0 Å². The van der Waals surface area contributed by atoms with Crippen LogP contribution in [0.1, 0.15) is 54.5 Å². The number of carbonyl (C=O) groups excluding carboxylic acids is 1. The average Bonchev–Trinajstić information content (AvgIpc) is 3.20. The minimum absolute atomic E-state index is 0.114. The van der Waals surface area contributed by atoms with Gasteiger partial charge in [-0.1, -0.05) is 6.07 Å². The van der Waals surface area contributed by atoms with Gasteiger partial charge in [0.15, 0.2) is 17.2 Å². The molecule has 0 radical (unpaired) electrons. The van der Waals surface area contributed by atoms with Crippen LogP contribution in [-0.4, -0.2) is 22.5 Å². The maximum absolute atomic E-state index is 13.4. The quantitative estimate of drug-likeness (QED) is 0.893. The lowest BCUT2D eigenvalue weighted by atomic mass is 10.1. The highest BCUT2D eigenvalue weighted by atomic mass is 19.4. The Balaban J connectivity index is 1.84. The fraction of sp³-hybridized carbons (Fsp3) is 0.412. The first kappa shape index (κ1) is 18.1. The van der Waals surface area contributed by atoms with Crippen LogP contribution in [0.2, 0.25) is 0 Å². The Morgan fingerprint density at radius 2 is 1.92 bits per heavy atom. The summed E-state index contributed by atoms with van der Waals surface area (Å²) in [5, 5.41) is 6.31. The highest BCUT2D eigenvalue weighted by molar-refractivity contribution is 5.95. The number of halogens is 3. The Bertz CT molecular complexity index is 830. The molecule has 1 aliphatic rings. The minimum Gasteiger partial charge on any atom is -0.454 e. The molecule has 6 nitrogen and oxygen atoms in total. The van der Waals surface area contributed by atoms with Crippen molar-refractivity contribution < 1.29 is 27.4 Å². The fourth-order valence-corrected chi connectivity index (χ4v) is 2.74. The zero-order valence-corrected chi connectivity index (χ0v) is 14.4. The van der Waals surface area contributed by atoms with Crippen molar-refractivity contribution in [2.24, 2.45) is 0 Å². The molecular formula is C17H18F3N3O3. The lowest BCUT2D eigenvalue weighted by Gasteiger charge is -2.17. The van der Waals surface area contributed by atoms with Crippen LogP contribution in [0.25, 0.3) is 0 Å². The van der Waals surface area contributed by atoms with Crippen molar-refractivity contribution in [2.45, 2.75) is 39.0 Å². The first-order valence-corrected chi connectivity index (χ1v) is 8.03. The maximum atomic E-state index is 13.4. The number of aromatic nitrogens is 2. The van der Waals surface area contributed by atoms with Crippen molar-refractivity contribution in [3.8, 4) is 11.5 Å². The van der Waals surface area contributed by atoms with E-state index in [1.165, 1.54) is 0 Å². The molecule has 2 aromatic rings. The van der Waals surface area contributed by atoms with E-state index in [4.69, 9.17) is 9.47 Å². The number of alkyl halides is 3. The summed E-state index contributed by atoms with van der Waals surface area (Å²) in [5.41, 5.74) is -0.867. The number of hydrogen-bond acceptors (Lipinski definition) is 4. The number of carbonyl (C=O) groups is 1. The molecule has 2 heterocycles. The fourth-order valence-electron chi connectivity index (χ4n) is 2.74. The summed E-state index contributed by atoms with van der Waals surface area (Å²) in [4.78, 5) is 12.4. The topological polar surface area (TPSA) is 65.4 Å². The number of hydrogen-bond donors (Lipinski definition) is 1. The lowest BCUT2D eigenvalue weighted by molar-refractivity contribution is -0.145. The zero-order chi connectivity index (χ0) is 19.1. The van der Waals surface area contributed by atoms with Crippen molar-refractivity contribution in [1.82, 2.24) is 15.1 Å². The minimum atomic E-state index is -4.69. The normalized spacial score (nSPS) is 14.6. The van der Waals surface area contributed by atoms with Gasteiger partial charge in [-0.3, -0.25) is 9.48 Å². The summed E-state index contributed by atoms with van der Waals surface area (Å²) in [7, 11) is 0. The molecule has 0 saturated heterocycles. The van der Waals surface area contributed by atoms with Gasteiger partial charge in [0, 0.05) is 6.04 Å². The summed E-state index contributed by atoms with van der Waals surface area (Å²) in [6.07, 6.45) is -3.74. The zero-order valence-electron chi connectivity index (χ0n) is 14.4. The molecule has 0 saturated carbocycles. The second kappa shape index (κ2) is 6.54. The van der Waals surface area contributed by atoms with Crippen molar-refractivity contribution in [3.63, 3.8) is 0 Å². The molecule has 0 bridgehead atoms. The number of nitrogens with one attached hydrogen (secondary N) is 1. The van der Waals surface area contributed by atoms with Gasteiger partial charge in [-0.15, -0.1) is 0 Å². The largest absolute Gasteiger partial charge is 0.454 e. The van der Waals surface area contributed by atoms with Crippen molar-refractivity contribution in [2.75, 3.05) is 6.79 Å². The molecule has 1 amide bonds. The molecule has 1 N–H and O–H groups in total. The second-order valence-corrected chi connectivity index (χ2v) is 6.25. The van der Waals surface area contributed by atoms with E-state index in [-0.39, 0.29) is 6.79 Å². The van der Waals surface area contributed by atoms with E-state index in [2.05, 4.69) is 10.4 Å². The Kier molecular flexibility index (Phi) is 4.55. The molecule has 140 valence electrons. The number of ether oxygens (including phenoxy) is 2. The van der Waals surface area contributed by atoms with Gasteiger partial charge < -0.3 is 14.8 Å². The Hall–Kier alpha value is -2.71. The van der Waals surface area contributed by atoms with Crippen LogP contribution in [0, 0.1) is 0 Å². The molecular weight excluding hydrogens is 351 g/mol. The van der Waals surface area contributed by atoms with Crippen LogP contribution in [0.3, 0.4) is 0 Å². The van der Waals surface area contributed by atoms with E-state index in [0.717, 1.165) is 10.9 Å². The van der Waals surface area contributed by atoms with E-state index >= 15 is 0 Å². The molecule has 1 aliphatic heterocycles. The van der Waals surface area contributed by atoms with Crippen LogP contribution in [0.4, 0.5) is 13.2 Å². The first-order chi connectivity index (χ1) is 12.2. The summed E-state index contributed by atoms with van der Waals surface area (Å²) in [5.74, 6) is 0.284. The van der Waals surface area contributed by atoms with Gasteiger partial charge >= 0.3 is 6.18 Å². The van der Waals surface area contributed by atoms with Crippen LogP contribution in [0.5, 0.6) is 11.5 Å². The first-order valence-electron chi connectivity index (χ1n) is 8.03. The van der Waals surface area contributed by atoms with Crippen molar-refractivity contribution >= 4 is 5.91 Å². The molecule has 0 fully saturated rings. The Morgan fingerprint density at radius 3 is 2.58 bits per heavy atom. The third kappa shape index (κ3) is 3.33. The summed E-state index contributed by atoms with van der Waals surface area (Å²) in [6, 6.07) is 4.05. The SMILES string of the molecule is CC(NC(=O)c1cnn(C(C)C)c1C(F)(F)F)c1ccc2c(c1)OCO2. The third-order valence-electron chi connectivity index (χ3n) is 4.04. The maximum Gasteiger partial charge on any atom is 0.433 e. The van der Waals surface area contributed by atoms with Crippen molar-refractivity contribution in [3.05, 3.63) is 41.2 Å². The predicted molar refractivity (Wildman–Crippen MR) is 86.1 cm³/mol. The number of amides is 1. The van der Waals surface area contributed by atoms with E-state index in [1.807, 2.05) is 0 Å². The molecule has 3 rings (SSSR count). The molecule has 0 spiro atoms. The highest BCUT2D eigenvalue weighted by Crippen LogP contribution is 2.35. The average molecular weight is 369 g/mol. The molecule has 1 aromatic heterocycles. The third-order valence-corrected chi connectivity index (χ3v) is 4.04. The summed E-state index contributed by atoms with van der Waals surface area (Å²) < 4.78 is 51.5.